The number of benzene rings is 2. The van der Waals surface area contributed by atoms with Gasteiger partial charge >= 0.3 is 5.97 Å². The predicted octanol–water partition coefficient (Wildman–Crippen LogP) is 2.67. The first-order valence-corrected chi connectivity index (χ1v) is 10.2. The number of rotatable bonds is 6. The van der Waals surface area contributed by atoms with E-state index < -0.39 is 17.8 Å². The zero-order valence-corrected chi connectivity index (χ0v) is 17.1. The highest BCUT2D eigenvalue weighted by atomic mass is 16.5. The highest BCUT2D eigenvalue weighted by Gasteiger charge is 2.37. The number of anilines is 1. The molecule has 2 heterocycles. The van der Waals surface area contributed by atoms with Crippen LogP contribution in [0, 0.1) is 0 Å². The van der Waals surface area contributed by atoms with Gasteiger partial charge in [0.25, 0.3) is 17.7 Å². The van der Waals surface area contributed by atoms with Crippen molar-refractivity contribution in [2.24, 2.45) is 0 Å². The smallest absolute Gasteiger partial charge is 0.338 e. The Balaban J connectivity index is 1.48. The minimum Gasteiger partial charge on any atom is -0.494 e. The summed E-state index contributed by atoms with van der Waals surface area (Å²) in [5.74, 6) is -1.30. The van der Waals surface area contributed by atoms with Gasteiger partial charge in [0, 0.05) is 13.1 Å². The fourth-order valence-corrected chi connectivity index (χ4v) is 3.73. The summed E-state index contributed by atoms with van der Waals surface area (Å²) in [6.45, 7) is 3.37. The van der Waals surface area contributed by atoms with Gasteiger partial charge in [0.15, 0.2) is 6.61 Å². The summed E-state index contributed by atoms with van der Waals surface area (Å²) in [5.41, 5.74) is 0.862. The largest absolute Gasteiger partial charge is 0.494 e. The van der Waals surface area contributed by atoms with Gasteiger partial charge in [0.1, 0.15) is 5.75 Å². The van der Waals surface area contributed by atoms with Crippen molar-refractivity contribution in [3.8, 4) is 5.75 Å². The van der Waals surface area contributed by atoms with Gasteiger partial charge in [-0.05, 0) is 62.2 Å². The van der Waals surface area contributed by atoms with Crippen LogP contribution in [0.5, 0.6) is 5.75 Å². The van der Waals surface area contributed by atoms with E-state index in [1.807, 2.05) is 6.92 Å². The van der Waals surface area contributed by atoms with Crippen LogP contribution in [0.1, 0.15) is 50.8 Å². The van der Waals surface area contributed by atoms with Crippen LogP contribution in [0.3, 0.4) is 0 Å². The van der Waals surface area contributed by atoms with E-state index in [4.69, 9.17) is 9.47 Å². The summed E-state index contributed by atoms with van der Waals surface area (Å²) >= 11 is 0. The number of amides is 3. The fraction of sp³-hybridized carbons (Fsp3) is 0.304. The molecule has 3 amide bonds. The number of imide groups is 1. The number of hydrogen-bond donors (Lipinski definition) is 0. The van der Waals surface area contributed by atoms with E-state index >= 15 is 0 Å². The fourth-order valence-electron chi connectivity index (χ4n) is 3.73. The number of hydrogen-bond acceptors (Lipinski definition) is 6. The Labute approximate surface area is 179 Å². The summed E-state index contributed by atoms with van der Waals surface area (Å²) in [5, 5.41) is 0. The van der Waals surface area contributed by atoms with E-state index in [9.17, 15) is 19.2 Å². The monoisotopic (exact) mass is 422 g/mol. The van der Waals surface area contributed by atoms with Crippen molar-refractivity contribution >= 4 is 29.4 Å². The van der Waals surface area contributed by atoms with Gasteiger partial charge in [-0.1, -0.05) is 0 Å². The standard InChI is InChI=1S/C23H22N2O6/c1-2-30-17-8-6-16(7-9-17)25-21(27)18-10-5-15(13-19(18)22(25)28)23(29)31-14-20(26)24-11-3-4-12-24/h5-10,13H,2-4,11-12,14H2,1H3. The van der Waals surface area contributed by atoms with Crippen LogP contribution in [0.15, 0.2) is 42.5 Å². The molecule has 0 aliphatic carbocycles. The summed E-state index contributed by atoms with van der Waals surface area (Å²) in [6, 6.07) is 10.8. The van der Waals surface area contributed by atoms with Crippen molar-refractivity contribution in [1.82, 2.24) is 4.90 Å². The lowest BCUT2D eigenvalue weighted by molar-refractivity contribution is -0.133. The molecular weight excluding hydrogens is 400 g/mol. The number of nitrogens with zero attached hydrogens (tertiary/aromatic N) is 2. The lowest BCUT2D eigenvalue weighted by atomic mass is 10.1. The third kappa shape index (κ3) is 4.01. The molecule has 2 aromatic carbocycles. The van der Waals surface area contributed by atoms with E-state index in [2.05, 4.69) is 0 Å². The van der Waals surface area contributed by atoms with Gasteiger partial charge in [-0.25, -0.2) is 9.69 Å². The molecule has 2 aliphatic rings. The Kier molecular flexibility index (Phi) is 5.70. The first-order valence-electron chi connectivity index (χ1n) is 10.2. The highest BCUT2D eigenvalue weighted by molar-refractivity contribution is 6.34. The Morgan fingerprint density at radius 3 is 2.29 bits per heavy atom. The number of ether oxygens (including phenoxy) is 2. The van der Waals surface area contributed by atoms with Crippen LogP contribution in [0.2, 0.25) is 0 Å². The summed E-state index contributed by atoms with van der Waals surface area (Å²) in [7, 11) is 0. The average Bonchev–Trinajstić information content (AvgIpc) is 3.40. The first-order chi connectivity index (χ1) is 15.0. The minimum atomic E-state index is -0.713. The zero-order chi connectivity index (χ0) is 22.0. The van der Waals surface area contributed by atoms with Crippen molar-refractivity contribution < 1.29 is 28.7 Å². The van der Waals surface area contributed by atoms with E-state index in [1.54, 1.807) is 29.2 Å². The maximum atomic E-state index is 12.9. The van der Waals surface area contributed by atoms with Crippen LogP contribution in [-0.2, 0) is 9.53 Å². The second-order valence-corrected chi connectivity index (χ2v) is 7.30. The van der Waals surface area contributed by atoms with Crippen LogP contribution in [0.4, 0.5) is 5.69 Å². The Morgan fingerprint density at radius 1 is 0.935 bits per heavy atom. The predicted molar refractivity (Wildman–Crippen MR) is 111 cm³/mol. The van der Waals surface area contributed by atoms with E-state index in [0.717, 1.165) is 17.7 Å². The Hall–Kier alpha value is -3.68. The van der Waals surface area contributed by atoms with Crippen LogP contribution in [-0.4, -0.2) is 54.9 Å². The molecule has 8 heteroatoms. The maximum absolute atomic E-state index is 12.9. The molecule has 160 valence electrons. The Bertz CT molecular complexity index is 1040. The van der Waals surface area contributed by atoms with Gasteiger partial charge in [-0.15, -0.1) is 0 Å². The number of carbonyl (C=O) groups excluding carboxylic acids is 4. The molecule has 31 heavy (non-hydrogen) atoms. The van der Waals surface area contributed by atoms with Gasteiger partial charge in [0.2, 0.25) is 0 Å². The molecule has 0 atom stereocenters. The number of fused-ring (bicyclic) bond motifs is 1. The SMILES string of the molecule is CCOc1ccc(N2C(=O)c3ccc(C(=O)OCC(=O)N4CCCC4)cc3C2=O)cc1. The van der Waals surface area contributed by atoms with Crippen molar-refractivity contribution in [2.75, 3.05) is 31.2 Å². The second kappa shape index (κ2) is 8.59. The summed E-state index contributed by atoms with van der Waals surface area (Å²) in [6.07, 6.45) is 1.90. The molecule has 4 rings (SSSR count). The molecule has 0 unspecified atom stereocenters. The molecule has 2 aliphatic heterocycles. The molecular formula is C23H22N2O6. The van der Waals surface area contributed by atoms with Crippen molar-refractivity contribution in [1.29, 1.82) is 0 Å². The molecule has 0 radical (unpaired) electrons. The molecule has 0 spiro atoms. The molecule has 0 saturated carbocycles. The van der Waals surface area contributed by atoms with Crippen LogP contribution >= 0.6 is 0 Å². The van der Waals surface area contributed by atoms with Crippen molar-refractivity contribution in [3.05, 3.63) is 59.2 Å². The lowest BCUT2D eigenvalue weighted by Crippen LogP contribution is -2.32. The molecule has 0 N–H and O–H groups in total. The average molecular weight is 422 g/mol. The Morgan fingerprint density at radius 2 is 1.61 bits per heavy atom. The first kappa shape index (κ1) is 20.6. The molecule has 1 saturated heterocycles. The maximum Gasteiger partial charge on any atom is 0.338 e. The van der Waals surface area contributed by atoms with Gasteiger partial charge in [0.05, 0.1) is 29.0 Å². The number of esters is 1. The third-order valence-electron chi connectivity index (χ3n) is 5.31. The molecule has 1 fully saturated rings. The van der Waals surface area contributed by atoms with Crippen LogP contribution in [0.25, 0.3) is 0 Å². The van der Waals surface area contributed by atoms with Gasteiger partial charge in [-0.2, -0.15) is 0 Å². The minimum absolute atomic E-state index is 0.114. The normalized spacial score (nSPS) is 15.3. The molecule has 0 aromatic heterocycles. The van der Waals surface area contributed by atoms with E-state index in [0.29, 0.717) is 31.1 Å². The molecule has 0 bridgehead atoms. The number of likely N-dealkylation sites (tertiary alicyclic amines) is 1. The van der Waals surface area contributed by atoms with Gasteiger partial charge < -0.3 is 14.4 Å². The van der Waals surface area contributed by atoms with Crippen molar-refractivity contribution in [2.45, 2.75) is 19.8 Å². The lowest BCUT2D eigenvalue weighted by Gasteiger charge is -2.15. The number of carbonyl (C=O) groups is 4. The summed E-state index contributed by atoms with van der Waals surface area (Å²) in [4.78, 5) is 52.8. The summed E-state index contributed by atoms with van der Waals surface area (Å²) < 4.78 is 10.5. The third-order valence-corrected chi connectivity index (χ3v) is 5.31. The molecule has 8 nitrogen and oxygen atoms in total. The van der Waals surface area contributed by atoms with Crippen LogP contribution < -0.4 is 9.64 Å². The van der Waals surface area contributed by atoms with E-state index in [-0.39, 0.29) is 29.2 Å². The zero-order valence-electron chi connectivity index (χ0n) is 17.1. The second-order valence-electron chi connectivity index (χ2n) is 7.30. The highest BCUT2D eigenvalue weighted by Crippen LogP contribution is 2.30. The van der Waals surface area contributed by atoms with Crippen molar-refractivity contribution in [3.63, 3.8) is 0 Å². The topological polar surface area (TPSA) is 93.2 Å². The quantitative estimate of drug-likeness (QED) is 0.525. The molecule has 2 aromatic rings. The van der Waals surface area contributed by atoms with E-state index in [1.165, 1.54) is 18.2 Å². The van der Waals surface area contributed by atoms with Gasteiger partial charge in [-0.3, -0.25) is 14.4 Å².